The molecule has 0 unspecified atom stereocenters. The zero-order valence-electron chi connectivity index (χ0n) is 9.90. The number of nitrogens with zero attached hydrogens (tertiary/aromatic N) is 2. The number of carbonyl (C=O) groups is 1. The van der Waals surface area contributed by atoms with Crippen molar-refractivity contribution in [3.63, 3.8) is 0 Å². The van der Waals surface area contributed by atoms with Crippen LogP contribution in [0.3, 0.4) is 0 Å². The Kier molecular flexibility index (Phi) is 5.56. The van der Waals surface area contributed by atoms with E-state index < -0.39 is 0 Å². The zero-order valence-corrected chi connectivity index (χ0v) is 9.90. The topological polar surface area (TPSA) is 56.1 Å². The summed E-state index contributed by atoms with van der Waals surface area (Å²) in [6.45, 7) is 3.86. The van der Waals surface area contributed by atoms with Crippen LogP contribution in [0.4, 0.5) is 0 Å². The van der Waals surface area contributed by atoms with E-state index in [4.69, 9.17) is 4.74 Å². The van der Waals surface area contributed by atoms with Gasteiger partial charge in [-0.05, 0) is 26.0 Å². The normalized spacial score (nSPS) is 10.4. The Morgan fingerprint density at radius 1 is 1.62 bits per heavy atom. The molecule has 90 valence electrons. The number of esters is 1. The summed E-state index contributed by atoms with van der Waals surface area (Å²) < 4.78 is 6.66. The highest BCUT2D eigenvalue weighted by atomic mass is 16.5. The molecule has 1 N–H and O–H groups in total. The molecule has 0 saturated heterocycles. The van der Waals surface area contributed by atoms with Gasteiger partial charge in [-0.15, -0.1) is 0 Å². The fourth-order valence-corrected chi connectivity index (χ4v) is 1.38. The summed E-state index contributed by atoms with van der Waals surface area (Å²) in [5, 5.41) is 7.33. The fourth-order valence-electron chi connectivity index (χ4n) is 1.38. The number of ether oxygens (including phenoxy) is 1. The minimum absolute atomic E-state index is 0.121. The Morgan fingerprint density at radius 3 is 3.06 bits per heavy atom. The van der Waals surface area contributed by atoms with E-state index in [2.05, 4.69) is 10.4 Å². The van der Waals surface area contributed by atoms with Crippen LogP contribution in [0.25, 0.3) is 0 Å². The summed E-state index contributed by atoms with van der Waals surface area (Å²) in [6, 6.07) is 1.97. The molecule has 0 amide bonds. The van der Waals surface area contributed by atoms with Gasteiger partial charge in [0.05, 0.1) is 12.3 Å². The quantitative estimate of drug-likeness (QED) is 0.552. The van der Waals surface area contributed by atoms with Crippen molar-refractivity contribution in [2.75, 3.05) is 13.2 Å². The van der Waals surface area contributed by atoms with E-state index in [0.717, 1.165) is 25.2 Å². The molecule has 1 rings (SSSR count). The molecule has 0 aliphatic carbocycles. The van der Waals surface area contributed by atoms with E-state index in [0.29, 0.717) is 13.0 Å². The summed E-state index contributed by atoms with van der Waals surface area (Å²) in [7, 11) is 1.91. The minimum atomic E-state index is -0.121. The van der Waals surface area contributed by atoms with E-state index in [-0.39, 0.29) is 5.97 Å². The largest absolute Gasteiger partial charge is 0.466 e. The second-order valence-corrected chi connectivity index (χ2v) is 3.53. The molecule has 16 heavy (non-hydrogen) atoms. The molecule has 0 aromatic carbocycles. The summed E-state index contributed by atoms with van der Waals surface area (Å²) in [5.74, 6) is -0.121. The SMILES string of the molecule is CCOC(=O)CCCNCc1ccnn1C. The van der Waals surface area contributed by atoms with Gasteiger partial charge in [-0.2, -0.15) is 5.10 Å². The number of aryl methyl sites for hydroxylation is 1. The van der Waals surface area contributed by atoms with Crippen molar-refractivity contribution in [3.05, 3.63) is 18.0 Å². The molecule has 0 atom stereocenters. The molecule has 0 aliphatic rings. The van der Waals surface area contributed by atoms with Crippen LogP contribution in [0.15, 0.2) is 12.3 Å². The Morgan fingerprint density at radius 2 is 2.44 bits per heavy atom. The first kappa shape index (κ1) is 12.7. The number of carbonyl (C=O) groups excluding carboxylic acids is 1. The van der Waals surface area contributed by atoms with Crippen molar-refractivity contribution in [1.82, 2.24) is 15.1 Å². The molecule has 0 spiro atoms. The van der Waals surface area contributed by atoms with Crippen LogP contribution in [0.5, 0.6) is 0 Å². The standard InChI is InChI=1S/C11H19N3O2/c1-3-16-11(15)5-4-7-12-9-10-6-8-13-14(10)2/h6,8,12H,3-5,7,9H2,1-2H3. The average Bonchev–Trinajstić information content (AvgIpc) is 2.64. The summed E-state index contributed by atoms with van der Waals surface area (Å²) in [6.07, 6.45) is 3.05. The third kappa shape index (κ3) is 4.44. The lowest BCUT2D eigenvalue weighted by atomic mass is 10.3. The second kappa shape index (κ2) is 7.00. The van der Waals surface area contributed by atoms with Crippen LogP contribution in [-0.2, 0) is 23.1 Å². The molecule has 0 aliphatic heterocycles. The van der Waals surface area contributed by atoms with E-state index in [1.165, 1.54) is 0 Å². The molecular formula is C11H19N3O2. The maximum atomic E-state index is 11.0. The van der Waals surface area contributed by atoms with E-state index in [9.17, 15) is 4.79 Å². The van der Waals surface area contributed by atoms with Crippen molar-refractivity contribution >= 4 is 5.97 Å². The van der Waals surface area contributed by atoms with Gasteiger partial charge in [0, 0.05) is 26.2 Å². The fraction of sp³-hybridized carbons (Fsp3) is 0.636. The third-order valence-electron chi connectivity index (χ3n) is 2.27. The summed E-state index contributed by atoms with van der Waals surface area (Å²) in [5.41, 5.74) is 1.14. The number of nitrogens with one attached hydrogen (secondary N) is 1. The van der Waals surface area contributed by atoms with Crippen LogP contribution in [0, 0.1) is 0 Å². The smallest absolute Gasteiger partial charge is 0.305 e. The van der Waals surface area contributed by atoms with E-state index in [1.807, 2.05) is 24.7 Å². The predicted molar refractivity (Wildman–Crippen MR) is 60.8 cm³/mol. The highest BCUT2D eigenvalue weighted by molar-refractivity contribution is 5.69. The van der Waals surface area contributed by atoms with Gasteiger partial charge in [0.15, 0.2) is 0 Å². The van der Waals surface area contributed by atoms with Gasteiger partial charge >= 0.3 is 5.97 Å². The Balaban J connectivity index is 2.04. The maximum Gasteiger partial charge on any atom is 0.305 e. The van der Waals surface area contributed by atoms with Crippen LogP contribution >= 0.6 is 0 Å². The van der Waals surface area contributed by atoms with Gasteiger partial charge in [-0.25, -0.2) is 0 Å². The molecule has 0 fully saturated rings. The molecule has 0 bridgehead atoms. The molecule has 1 heterocycles. The van der Waals surface area contributed by atoms with Crippen molar-refractivity contribution in [3.8, 4) is 0 Å². The van der Waals surface area contributed by atoms with Gasteiger partial charge in [-0.3, -0.25) is 9.48 Å². The lowest BCUT2D eigenvalue weighted by Crippen LogP contribution is -2.18. The predicted octanol–water partition coefficient (Wildman–Crippen LogP) is 0.853. The van der Waals surface area contributed by atoms with Crippen molar-refractivity contribution in [1.29, 1.82) is 0 Å². The first-order valence-electron chi connectivity index (χ1n) is 5.57. The van der Waals surface area contributed by atoms with E-state index >= 15 is 0 Å². The van der Waals surface area contributed by atoms with Crippen LogP contribution in [0.2, 0.25) is 0 Å². The van der Waals surface area contributed by atoms with Crippen LogP contribution in [0.1, 0.15) is 25.5 Å². The number of aromatic nitrogens is 2. The Labute approximate surface area is 95.8 Å². The van der Waals surface area contributed by atoms with Gasteiger partial charge in [-0.1, -0.05) is 0 Å². The average molecular weight is 225 g/mol. The van der Waals surface area contributed by atoms with Gasteiger partial charge in [0.25, 0.3) is 0 Å². The van der Waals surface area contributed by atoms with Gasteiger partial charge in [0.2, 0.25) is 0 Å². The minimum Gasteiger partial charge on any atom is -0.466 e. The van der Waals surface area contributed by atoms with Crippen LogP contribution in [-0.4, -0.2) is 28.9 Å². The molecule has 1 aromatic heterocycles. The summed E-state index contributed by atoms with van der Waals surface area (Å²) >= 11 is 0. The molecular weight excluding hydrogens is 206 g/mol. The van der Waals surface area contributed by atoms with Crippen molar-refractivity contribution < 1.29 is 9.53 Å². The third-order valence-corrected chi connectivity index (χ3v) is 2.27. The van der Waals surface area contributed by atoms with Crippen molar-refractivity contribution in [2.45, 2.75) is 26.3 Å². The van der Waals surface area contributed by atoms with Crippen LogP contribution < -0.4 is 5.32 Å². The highest BCUT2D eigenvalue weighted by Gasteiger charge is 2.01. The van der Waals surface area contributed by atoms with E-state index in [1.54, 1.807) is 6.20 Å². The summed E-state index contributed by atoms with van der Waals surface area (Å²) in [4.78, 5) is 11.0. The van der Waals surface area contributed by atoms with Gasteiger partial charge < -0.3 is 10.1 Å². The lowest BCUT2D eigenvalue weighted by molar-refractivity contribution is -0.143. The molecule has 1 aromatic rings. The molecule has 5 heteroatoms. The number of rotatable bonds is 7. The number of hydrogen-bond donors (Lipinski definition) is 1. The number of hydrogen-bond acceptors (Lipinski definition) is 4. The van der Waals surface area contributed by atoms with Crippen molar-refractivity contribution in [2.24, 2.45) is 7.05 Å². The lowest BCUT2D eigenvalue weighted by Gasteiger charge is -2.05. The van der Waals surface area contributed by atoms with Gasteiger partial charge in [0.1, 0.15) is 0 Å². The Bertz CT molecular complexity index is 323. The maximum absolute atomic E-state index is 11.0. The first-order valence-corrected chi connectivity index (χ1v) is 5.57. The Hall–Kier alpha value is -1.36. The monoisotopic (exact) mass is 225 g/mol. The second-order valence-electron chi connectivity index (χ2n) is 3.53. The molecule has 5 nitrogen and oxygen atoms in total. The first-order chi connectivity index (χ1) is 7.74. The zero-order chi connectivity index (χ0) is 11.8. The highest BCUT2D eigenvalue weighted by Crippen LogP contribution is 1.96. The molecule has 0 radical (unpaired) electrons. The molecule has 0 saturated carbocycles.